The van der Waals surface area contributed by atoms with Crippen LogP contribution in [0.4, 0.5) is 0 Å². The zero-order valence-corrected chi connectivity index (χ0v) is 24.3. The van der Waals surface area contributed by atoms with Crippen molar-refractivity contribution < 1.29 is 0 Å². The van der Waals surface area contributed by atoms with Gasteiger partial charge < -0.3 is 0 Å². The Labute approximate surface area is 210 Å². The monoisotopic (exact) mass is 460 g/mol. The molecule has 0 aliphatic rings. The van der Waals surface area contributed by atoms with Crippen LogP contribution in [0.25, 0.3) is 0 Å². The van der Waals surface area contributed by atoms with Crippen LogP contribution in [-0.2, 0) is 0 Å². The lowest BCUT2D eigenvalue weighted by atomic mass is 9.80. The molecule has 0 N–H and O–H groups in total. The van der Waals surface area contributed by atoms with Crippen LogP contribution in [0.2, 0.25) is 0 Å². The Morgan fingerprint density at radius 1 is 0.667 bits per heavy atom. The van der Waals surface area contributed by atoms with E-state index in [0.29, 0.717) is 0 Å². The highest BCUT2D eigenvalue weighted by molar-refractivity contribution is 5.37. The van der Waals surface area contributed by atoms with E-state index in [2.05, 4.69) is 33.8 Å². The number of unbranched alkanes of at least 4 members (excludes halogenated alkanes) is 3. The van der Waals surface area contributed by atoms with Gasteiger partial charge in [-0.3, -0.25) is 0 Å². The van der Waals surface area contributed by atoms with E-state index < -0.39 is 0 Å². The zero-order valence-electron chi connectivity index (χ0n) is 24.3. The smallest absolute Gasteiger partial charge is 0.129 e. The van der Waals surface area contributed by atoms with E-state index in [4.69, 9.17) is 10.5 Å². The van der Waals surface area contributed by atoms with Gasteiger partial charge in [0, 0.05) is 0 Å². The molecule has 0 amide bonds. The first-order valence-corrected chi connectivity index (χ1v) is 14.3. The summed E-state index contributed by atoms with van der Waals surface area (Å²) < 4.78 is 0. The molecule has 3 atom stereocenters. The maximum absolute atomic E-state index is 8.85. The molecule has 0 saturated heterocycles. The van der Waals surface area contributed by atoms with Crippen LogP contribution in [-0.4, -0.2) is 0 Å². The van der Waals surface area contributed by atoms with Crippen LogP contribution >= 0.6 is 0 Å². The van der Waals surface area contributed by atoms with Gasteiger partial charge in [0.1, 0.15) is 17.7 Å². The Balaban J connectivity index is -0.000000642. The number of nitrogens with zero attached hydrogens (tertiary/aromatic N) is 2. The van der Waals surface area contributed by atoms with Gasteiger partial charge in [-0.2, -0.15) is 10.5 Å². The van der Waals surface area contributed by atoms with Gasteiger partial charge >= 0.3 is 0 Å². The molecule has 0 aromatic rings. The third-order valence-electron chi connectivity index (χ3n) is 5.78. The second-order valence-electron chi connectivity index (χ2n) is 7.99. The normalized spacial score (nSPS) is 12.2. The van der Waals surface area contributed by atoms with Gasteiger partial charge in [0.15, 0.2) is 0 Å². The first-order valence-electron chi connectivity index (χ1n) is 14.3. The maximum atomic E-state index is 8.85. The number of hydrogen-bond donors (Lipinski definition) is 0. The van der Waals surface area contributed by atoms with Gasteiger partial charge in [0.05, 0.1) is 0 Å². The summed E-state index contributed by atoms with van der Waals surface area (Å²) in [6, 6.07) is 3.85. The Bertz CT molecular complexity index is 474. The fraction of sp³-hybridized carbons (Fsp3) is 0.806. The molecule has 3 unspecified atom stereocenters. The maximum Gasteiger partial charge on any atom is 0.129 e. The van der Waals surface area contributed by atoms with E-state index in [1.165, 1.54) is 70.6 Å². The molecule has 0 aromatic carbocycles. The number of allylic oxidation sites excluding steroid dienone is 4. The Morgan fingerprint density at radius 3 is 1.52 bits per heavy atom. The van der Waals surface area contributed by atoms with Gasteiger partial charge in [-0.15, -0.1) is 0 Å². The summed E-state index contributed by atoms with van der Waals surface area (Å²) in [5, 5.41) is 17.7. The molecule has 0 aliphatic carbocycles. The largest absolute Gasteiger partial charge is 0.192 e. The van der Waals surface area contributed by atoms with Gasteiger partial charge in [0.25, 0.3) is 0 Å². The fourth-order valence-corrected chi connectivity index (χ4v) is 3.92. The average molecular weight is 461 g/mol. The van der Waals surface area contributed by atoms with Gasteiger partial charge in [-0.1, -0.05) is 139 Å². The van der Waals surface area contributed by atoms with Crippen LogP contribution in [0.3, 0.4) is 0 Å². The number of nitriles is 2. The third kappa shape index (κ3) is 26.6. The Kier molecular flexibility index (Phi) is 41.1. The van der Waals surface area contributed by atoms with Crippen LogP contribution < -0.4 is 0 Å². The van der Waals surface area contributed by atoms with Crippen molar-refractivity contribution in [1.82, 2.24) is 0 Å². The van der Waals surface area contributed by atoms with Crippen molar-refractivity contribution in [2.45, 2.75) is 146 Å². The third-order valence-corrected chi connectivity index (χ3v) is 5.78. The molecule has 0 heterocycles. The van der Waals surface area contributed by atoms with Crippen molar-refractivity contribution in [3.8, 4) is 12.1 Å². The second kappa shape index (κ2) is 35.1. The van der Waals surface area contributed by atoms with Crippen LogP contribution in [0.1, 0.15) is 146 Å². The predicted octanol–water partition coefficient (Wildman–Crippen LogP) is 11.2. The molecule has 33 heavy (non-hydrogen) atoms. The molecule has 0 fully saturated rings. The summed E-state index contributed by atoms with van der Waals surface area (Å²) in [5.74, 6) is 2.39. The summed E-state index contributed by atoms with van der Waals surface area (Å²) >= 11 is 0. The van der Waals surface area contributed by atoms with Crippen molar-refractivity contribution in [2.75, 3.05) is 0 Å². The molecule has 2 heteroatoms. The van der Waals surface area contributed by atoms with Crippen LogP contribution in [0.15, 0.2) is 23.8 Å². The summed E-state index contributed by atoms with van der Waals surface area (Å²) in [4.78, 5) is 0. The molecule has 0 saturated carbocycles. The fourth-order valence-electron chi connectivity index (χ4n) is 3.92. The topological polar surface area (TPSA) is 47.6 Å². The first kappa shape index (κ1) is 38.7. The van der Waals surface area contributed by atoms with Crippen molar-refractivity contribution in [3.05, 3.63) is 23.8 Å². The Morgan fingerprint density at radius 2 is 1.12 bits per heavy atom. The molecule has 0 aromatic heterocycles. The van der Waals surface area contributed by atoms with Crippen molar-refractivity contribution in [2.24, 2.45) is 17.8 Å². The molecular weight excluding hydrogens is 400 g/mol. The second-order valence-corrected chi connectivity index (χ2v) is 7.99. The van der Waals surface area contributed by atoms with E-state index in [9.17, 15) is 0 Å². The lowest BCUT2D eigenvalue weighted by Gasteiger charge is -2.26. The standard InChI is InChI=1S/C25H42N2.3C2H6/c1-5-9-11-15-23(8-4)19-24(18-22(7-3)14-10-6-2)16-12-13-17-25(20-26)21-27;3*1-2/h12-13,17,22-24H,5-11,14-16,18-19H2,1-4H3;3*1-2H3/b13-12+;;;. The molecule has 0 spiro atoms. The lowest BCUT2D eigenvalue weighted by Crippen LogP contribution is -2.13. The molecule has 0 rings (SSSR count). The zero-order chi connectivity index (χ0) is 26.3. The molecule has 2 nitrogen and oxygen atoms in total. The van der Waals surface area contributed by atoms with E-state index in [1.807, 2.05) is 59.8 Å². The summed E-state index contributed by atoms with van der Waals surface area (Å²) in [6.45, 7) is 21.2. The Hall–Kier alpha value is -1.54. The van der Waals surface area contributed by atoms with E-state index in [1.54, 1.807) is 6.08 Å². The molecule has 0 bridgehead atoms. The van der Waals surface area contributed by atoms with Crippen LogP contribution in [0, 0.1) is 40.4 Å². The number of hydrogen-bond acceptors (Lipinski definition) is 2. The lowest BCUT2D eigenvalue weighted by molar-refractivity contribution is 0.272. The van der Waals surface area contributed by atoms with E-state index >= 15 is 0 Å². The molecule has 194 valence electrons. The molecule has 0 aliphatic heterocycles. The summed E-state index contributed by atoms with van der Waals surface area (Å²) in [7, 11) is 0. The minimum absolute atomic E-state index is 0.184. The van der Waals surface area contributed by atoms with E-state index in [0.717, 1.165) is 24.2 Å². The number of rotatable bonds is 16. The van der Waals surface area contributed by atoms with Gasteiger partial charge in [0.2, 0.25) is 0 Å². The predicted molar refractivity (Wildman–Crippen MR) is 151 cm³/mol. The van der Waals surface area contributed by atoms with Gasteiger partial charge in [-0.25, -0.2) is 0 Å². The van der Waals surface area contributed by atoms with Crippen molar-refractivity contribution in [1.29, 1.82) is 10.5 Å². The highest BCUT2D eigenvalue weighted by Crippen LogP contribution is 2.31. The van der Waals surface area contributed by atoms with Crippen molar-refractivity contribution in [3.63, 3.8) is 0 Å². The molecule has 0 radical (unpaired) electrons. The minimum Gasteiger partial charge on any atom is -0.192 e. The van der Waals surface area contributed by atoms with E-state index in [-0.39, 0.29) is 5.57 Å². The summed E-state index contributed by atoms with van der Waals surface area (Å²) in [6.07, 6.45) is 21.3. The minimum atomic E-state index is 0.184. The van der Waals surface area contributed by atoms with Crippen LogP contribution in [0.5, 0.6) is 0 Å². The molecular formula is C31H60N2. The summed E-state index contributed by atoms with van der Waals surface area (Å²) in [5.41, 5.74) is 0.184. The van der Waals surface area contributed by atoms with Gasteiger partial charge in [-0.05, 0) is 43.1 Å². The SMILES string of the molecule is CC.CC.CC.CCCCCC(CC)CC(C/C=C/C=C(C#N)C#N)CC(CC)CCCC. The van der Waals surface area contributed by atoms with Crippen molar-refractivity contribution >= 4 is 0 Å². The highest BCUT2D eigenvalue weighted by atomic mass is 14.3. The first-order chi connectivity index (χ1) is 16.1. The average Bonchev–Trinajstić information content (AvgIpc) is 2.89. The highest BCUT2D eigenvalue weighted by Gasteiger charge is 2.18. The quantitative estimate of drug-likeness (QED) is 0.130.